The lowest BCUT2D eigenvalue weighted by atomic mass is 9.68. The molecule has 20 heavy (non-hydrogen) atoms. The number of rotatable bonds is 2. The van der Waals surface area contributed by atoms with Gasteiger partial charge < -0.3 is 10.1 Å². The van der Waals surface area contributed by atoms with Gasteiger partial charge in [-0.25, -0.2) is 0 Å². The summed E-state index contributed by atoms with van der Waals surface area (Å²) in [7, 11) is 1.65. The van der Waals surface area contributed by atoms with Crippen LogP contribution in [0.3, 0.4) is 0 Å². The first-order valence-electron chi connectivity index (χ1n) is 7.49. The van der Waals surface area contributed by atoms with Gasteiger partial charge in [0.05, 0.1) is 18.7 Å². The Balaban J connectivity index is 1.88. The van der Waals surface area contributed by atoms with Crippen LogP contribution in [-0.4, -0.2) is 13.0 Å². The fourth-order valence-corrected chi connectivity index (χ4v) is 3.68. The zero-order valence-electron chi connectivity index (χ0n) is 12.5. The molecule has 1 aliphatic carbocycles. The van der Waals surface area contributed by atoms with Crippen LogP contribution in [-0.2, 0) is 4.79 Å². The summed E-state index contributed by atoms with van der Waals surface area (Å²) in [5, 5.41) is 3.02. The van der Waals surface area contributed by atoms with E-state index in [0.717, 1.165) is 29.8 Å². The van der Waals surface area contributed by atoms with Crippen molar-refractivity contribution in [2.75, 3.05) is 12.4 Å². The minimum absolute atomic E-state index is 0.0104. The number of benzene rings is 1. The van der Waals surface area contributed by atoms with Crippen LogP contribution in [0.5, 0.6) is 5.75 Å². The van der Waals surface area contributed by atoms with E-state index in [4.69, 9.17) is 4.74 Å². The Hall–Kier alpha value is -1.51. The van der Waals surface area contributed by atoms with Crippen LogP contribution in [0.4, 0.5) is 5.69 Å². The molecule has 108 valence electrons. The highest BCUT2D eigenvalue weighted by Crippen LogP contribution is 2.49. The molecule has 2 aliphatic rings. The molecule has 1 unspecified atom stereocenters. The molecule has 1 fully saturated rings. The number of para-hydroxylation sites is 1. The van der Waals surface area contributed by atoms with Crippen LogP contribution >= 0.6 is 0 Å². The minimum Gasteiger partial charge on any atom is -0.495 e. The number of anilines is 1. The van der Waals surface area contributed by atoms with Crippen molar-refractivity contribution in [3.8, 4) is 5.75 Å². The standard InChI is InChI=1S/C17H23NO2/c1-17(2)9-7-11(8-10-17)14-12-5-4-6-13(20-3)15(12)18-16(14)19/h4-6,11,14H,7-10H2,1-3H3,(H,18,19). The molecule has 3 nitrogen and oxygen atoms in total. The van der Waals surface area contributed by atoms with Crippen molar-refractivity contribution >= 4 is 11.6 Å². The van der Waals surface area contributed by atoms with Crippen LogP contribution in [0.15, 0.2) is 18.2 Å². The maximum atomic E-state index is 12.4. The summed E-state index contributed by atoms with van der Waals surface area (Å²) < 4.78 is 5.36. The summed E-state index contributed by atoms with van der Waals surface area (Å²) in [6, 6.07) is 5.96. The molecule has 0 aromatic heterocycles. The molecular weight excluding hydrogens is 250 g/mol. The average Bonchev–Trinajstić information content (AvgIpc) is 2.75. The molecule has 1 heterocycles. The Morgan fingerprint density at radius 2 is 1.95 bits per heavy atom. The monoisotopic (exact) mass is 273 g/mol. The number of methoxy groups -OCH3 is 1. The number of carbonyl (C=O) groups is 1. The topological polar surface area (TPSA) is 38.3 Å². The molecule has 1 aromatic rings. The van der Waals surface area contributed by atoms with Gasteiger partial charge in [0.1, 0.15) is 5.75 Å². The second-order valence-corrected chi connectivity index (χ2v) is 6.89. The van der Waals surface area contributed by atoms with Crippen molar-refractivity contribution in [2.24, 2.45) is 11.3 Å². The number of ether oxygens (including phenoxy) is 1. The minimum atomic E-state index is 0.0104. The lowest BCUT2D eigenvalue weighted by molar-refractivity contribution is -0.118. The molecule has 1 aliphatic heterocycles. The van der Waals surface area contributed by atoms with E-state index in [0.29, 0.717) is 11.3 Å². The highest BCUT2D eigenvalue weighted by atomic mass is 16.5. The van der Waals surface area contributed by atoms with Crippen molar-refractivity contribution in [3.05, 3.63) is 23.8 Å². The number of nitrogens with one attached hydrogen (secondary N) is 1. The van der Waals surface area contributed by atoms with Crippen LogP contribution < -0.4 is 10.1 Å². The highest BCUT2D eigenvalue weighted by Gasteiger charge is 2.40. The van der Waals surface area contributed by atoms with Crippen molar-refractivity contribution in [2.45, 2.75) is 45.4 Å². The molecule has 0 radical (unpaired) electrons. The smallest absolute Gasteiger partial charge is 0.232 e. The van der Waals surface area contributed by atoms with E-state index in [9.17, 15) is 4.79 Å². The summed E-state index contributed by atoms with van der Waals surface area (Å²) in [4.78, 5) is 12.4. The fourth-order valence-electron chi connectivity index (χ4n) is 3.68. The largest absolute Gasteiger partial charge is 0.495 e. The van der Waals surface area contributed by atoms with Gasteiger partial charge in [-0.1, -0.05) is 26.0 Å². The number of amides is 1. The molecule has 1 aromatic carbocycles. The van der Waals surface area contributed by atoms with Gasteiger partial charge in [0.25, 0.3) is 0 Å². The second-order valence-electron chi connectivity index (χ2n) is 6.89. The SMILES string of the molecule is COc1cccc2c1NC(=O)C2C1CCC(C)(C)CC1. The molecule has 1 atom stereocenters. The van der Waals surface area contributed by atoms with Crippen LogP contribution in [0, 0.1) is 11.3 Å². The molecule has 0 saturated heterocycles. The predicted octanol–water partition coefficient (Wildman–Crippen LogP) is 3.95. The van der Waals surface area contributed by atoms with Crippen molar-refractivity contribution in [3.63, 3.8) is 0 Å². The zero-order chi connectivity index (χ0) is 14.3. The van der Waals surface area contributed by atoms with E-state index in [1.807, 2.05) is 12.1 Å². The van der Waals surface area contributed by atoms with Crippen LogP contribution in [0.2, 0.25) is 0 Å². The van der Waals surface area contributed by atoms with Gasteiger partial charge in [-0.15, -0.1) is 0 Å². The first-order chi connectivity index (χ1) is 9.52. The van der Waals surface area contributed by atoms with Gasteiger partial charge in [0, 0.05) is 0 Å². The summed E-state index contributed by atoms with van der Waals surface area (Å²) in [5.74, 6) is 1.40. The predicted molar refractivity (Wildman–Crippen MR) is 80.1 cm³/mol. The van der Waals surface area contributed by atoms with Crippen molar-refractivity contribution in [1.82, 2.24) is 0 Å². The van der Waals surface area contributed by atoms with Gasteiger partial charge in [-0.2, -0.15) is 0 Å². The number of fused-ring (bicyclic) bond motifs is 1. The quantitative estimate of drug-likeness (QED) is 0.886. The molecule has 0 bridgehead atoms. The van der Waals surface area contributed by atoms with E-state index in [1.165, 1.54) is 12.8 Å². The van der Waals surface area contributed by atoms with Gasteiger partial charge in [-0.3, -0.25) is 4.79 Å². The van der Waals surface area contributed by atoms with E-state index < -0.39 is 0 Å². The summed E-state index contributed by atoms with van der Waals surface area (Å²) in [6.45, 7) is 4.66. The van der Waals surface area contributed by atoms with E-state index in [-0.39, 0.29) is 11.8 Å². The fraction of sp³-hybridized carbons (Fsp3) is 0.588. The van der Waals surface area contributed by atoms with Gasteiger partial charge >= 0.3 is 0 Å². The first kappa shape index (κ1) is 13.5. The second kappa shape index (κ2) is 4.80. The normalized spacial score (nSPS) is 25.1. The van der Waals surface area contributed by atoms with E-state index in [1.54, 1.807) is 7.11 Å². The maximum absolute atomic E-state index is 12.4. The molecule has 1 saturated carbocycles. The third-order valence-corrected chi connectivity index (χ3v) is 5.00. The molecule has 3 rings (SSSR count). The Bertz CT molecular complexity index is 526. The number of carbonyl (C=O) groups excluding carboxylic acids is 1. The Morgan fingerprint density at radius 3 is 2.60 bits per heavy atom. The summed E-state index contributed by atoms with van der Waals surface area (Å²) >= 11 is 0. The Labute approximate surface area is 120 Å². The third kappa shape index (κ3) is 2.19. The van der Waals surface area contributed by atoms with Crippen molar-refractivity contribution < 1.29 is 9.53 Å². The Kier molecular flexibility index (Phi) is 3.23. The number of hydrogen-bond acceptors (Lipinski definition) is 2. The summed E-state index contributed by atoms with van der Waals surface area (Å²) in [6.07, 6.45) is 4.70. The van der Waals surface area contributed by atoms with Crippen LogP contribution in [0.1, 0.15) is 51.0 Å². The first-order valence-corrected chi connectivity index (χ1v) is 7.49. The lowest BCUT2D eigenvalue weighted by Crippen LogP contribution is -2.28. The molecular formula is C17H23NO2. The van der Waals surface area contributed by atoms with E-state index in [2.05, 4.69) is 25.2 Å². The van der Waals surface area contributed by atoms with Crippen LogP contribution in [0.25, 0.3) is 0 Å². The average molecular weight is 273 g/mol. The Morgan fingerprint density at radius 1 is 1.25 bits per heavy atom. The lowest BCUT2D eigenvalue weighted by Gasteiger charge is -2.36. The maximum Gasteiger partial charge on any atom is 0.232 e. The zero-order valence-corrected chi connectivity index (χ0v) is 12.5. The molecule has 3 heteroatoms. The molecule has 1 amide bonds. The van der Waals surface area contributed by atoms with Crippen molar-refractivity contribution in [1.29, 1.82) is 0 Å². The van der Waals surface area contributed by atoms with Gasteiger partial charge in [0.2, 0.25) is 5.91 Å². The van der Waals surface area contributed by atoms with Gasteiger partial charge in [0.15, 0.2) is 0 Å². The molecule has 0 spiro atoms. The van der Waals surface area contributed by atoms with Gasteiger partial charge in [-0.05, 0) is 48.6 Å². The molecule has 1 N–H and O–H groups in total. The van der Waals surface area contributed by atoms with E-state index >= 15 is 0 Å². The summed E-state index contributed by atoms with van der Waals surface area (Å²) in [5.41, 5.74) is 2.44. The number of hydrogen-bond donors (Lipinski definition) is 1. The highest BCUT2D eigenvalue weighted by molar-refractivity contribution is 6.04. The third-order valence-electron chi connectivity index (χ3n) is 5.00.